The van der Waals surface area contributed by atoms with Gasteiger partial charge in [-0.15, -0.1) is 0 Å². The van der Waals surface area contributed by atoms with Gasteiger partial charge >= 0.3 is 0 Å². The maximum atomic E-state index is 4.44. The molecule has 1 N–H and O–H groups in total. The highest BCUT2D eigenvalue weighted by molar-refractivity contribution is 5.55. The second-order valence-electron chi connectivity index (χ2n) is 5.59. The molecule has 2 aromatic heterocycles. The van der Waals surface area contributed by atoms with Crippen molar-refractivity contribution >= 4 is 5.52 Å². The minimum Gasteiger partial charge on any atom is -0.313 e. The van der Waals surface area contributed by atoms with Gasteiger partial charge in [-0.1, -0.05) is 24.3 Å². The zero-order valence-corrected chi connectivity index (χ0v) is 12.8. The quantitative estimate of drug-likeness (QED) is 0.792. The zero-order chi connectivity index (χ0) is 14.8. The van der Waals surface area contributed by atoms with Crippen LogP contribution in [0.1, 0.15) is 28.3 Å². The van der Waals surface area contributed by atoms with Crippen LogP contribution in [0.3, 0.4) is 0 Å². The molecule has 1 unspecified atom stereocenters. The average Bonchev–Trinajstić information content (AvgIpc) is 2.92. The van der Waals surface area contributed by atoms with Crippen LogP contribution in [-0.4, -0.2) is 16.7 Å². The molecule has 21 heavy (non-hydrogen) atoms. The van der Waals surface area contributed by atoms with Gasteiger partial charge in [0.15, 0.2) is 0 Å². The second kappa shape index (κ2) is 5.70. The summed E-state index contributed by atoms with van der Waals surface area (Å²) in [7, 11) is 2.01. The van der Waals surface area contributed by atoms with Crippen molar-refractivity contribution in [1.82, 2.24) is 14.9 Å². The lowest BCUT2D eigenvalue weighted by Gasteiger charge is -2.16. The molecule has 0 aliphatic heterocycles. The van der Waals surface area contributed by atoms with Crippen LogP contribution in [-0.2, 0) is 6.42 Å². The van der Waals surface area contributed by atoms with Gasteiger partial charge in [0.1, 0.15) is 0 Å². The number of benzene rings is 1. The van der Waals surface area contributed by atoms with Gasteiger partial charge in [0.05, 0.1) is 11.7 Å². The number of pyridine rings is 1. The number of likely N-dealkylation sites (N-methyl/N-ethyl adjacent to an activating group) is 1. The summed E-state index contributed by atoms with van der Waals surface area (Å²) < 4.78 is 1.93. The fourth-order valence-electron chi connectivity index (χ4n) is 2.76. The van der Waals surface area contributed by atoms with Crippen molar-refractivity contribution in [3.05, 3.63) is 71.0 Å². The van der Waals surface area contributed by atoms with Crippen LogP contribution in [0.15, 0.2) is 48.8 Å². The molecule has 0 spiro atoms. The SMILES string of the molecule is CNC(Cc1ccc(C)c(C)c1)c1cnn2ccccc12. The molecule has 0 aliphatic carbocycles. The van der Waals surface area contributed by atoms with Crippen molar-refractivity contribution in [1.29, 1.82) is 0 Å². The van der Waals surface area contributed by atoms with Gasteiger partial charge in [-0.05, 0) is 56.1 Å². The minimum atomic E-state index is 0.270. The first-order chi connectivity index (χ1) is 10.2. The minimum absolute atomic E-state index is 0.270. The van der Waals surface area contributed by atoms with E-state index in [2.05, 4.69) is 54.6 Å². The number of hydrogen-bond acceptors (Lipinski definition) is 2. The molecule has 1 atom stereocenters. The largest absolute Gasteiger partial charge is 0.313 e. The molecule has 3 aromatic rings. The third-order valence-corrected chi connectivity index (χ3v) is 4.19. The van der Waals surface area contributed by atoms with Crippen molar-refractivity contribution in [2.24, 2.45) is 0 Å². The van der Waals surface area contributed by atoms with Gasteiger partial charge in [0, 0.05) is 17.8 Å². The molecule has 0 radical (unpaired) electrons. The summed E-state index contributed by atoms with van der Waals surface area (Å²) in [5.41, 5.74) is 6.46. The van der Waals surface area contributed by atoms with Crippen LogP contribution in [0.25, 0.3) is 5.52 Å². The van der Waals surface area contributed by atoms with Gasteiger partial charge in [-0.2, -0.15) is 5.10 Å². The molecule has 3 heteroatoms. The highest BCUT2D eigenvalue weighted by Gasteiger charge is 2.15. The predicted molar refractivity (Wildman–Crippen MR) is 86.6 cm³/mol. The topological polar surface area (TPSA) is 29.3 Å². The smallest absolute Gasteiger partial charge is 0.0709 e. The Morgan fingerprint density at radius 2 is 2.00 bits per heavy atom. The Morgan fingerprint density at radius 3 is 2.76 bits per heavy atom. The summed E-state index contributed by atoms with van der Waals surface area (Å²) >= 11 is 0. The maximum absolute atomic E-state index is 4.44. The van der Waals surface area contributed by atoms with E-state index in [4.69, 9.17) is 0 Å². The number of hydrogen-bond donors (Lipinski definition) is 1. The van der Waals surface area contributed by atoms with Gasteiger partial charge in [-0.25, -0.2) is 4.52 Å². The van der Waals surface area contributed by atoms with E-state index in [0.717, 1.165) is 6.42 Å². The molecule has 1 aromatic carbocycles. The van der Waals surface area contributed by atoms with Gasteiger partial charge in [-0.3, -0.25) is 0 Å². The summed E-state index contributed by atoms with van der Waals surface area (Å²) in [6.07, 6.45) is 4.92. The standard InChI is InChI=1S/C18H21N3/c1-13-7-8-15(10-14(13)2)11-17(19-3)16-12-20-21-9-5-4-6-18(16)21/h4-10,12,17,19H,11H2,1-3H3. The van der Waals surface area contributed by atoms with Crippen molar-refractivity contribution in [2.75, 3.05) is 7.05 Å². The Kier molecular flexibility index (Phi) is 3.76. The number of nitrogens with one attached hydrogen (secondary N) is 1. The average molecular weight is 279 g/mol. The second-order valence-corrected chi connectivity index (χ2v) is 5.59. The van der Waals surface area contributed by atoms with Crippen molar-refractivity contribution < 1.29 is 0 Å². The summed E-state index contributed by atoms with van der Waals surface area (Å²) in [6.45, 7) is 4.32. The van der Waals surface area contributed by atoms with E-state index in [1.165, 1.54) is 27.8 Å². The number of fused-ring (bicyclic) bond motifs is 1. The first-order valence-corrected chi connectivity index (χ1v) is 7.34. The Bertz CT molecular complexity index is 758. The van der Waals surface area contributed by atoms with E-state index in [9.17, 15) is 0 Å². The molecule has 0 bridgehead atoms. The maximum Gasteiger partial charge on any atom is 0.0709 e. The van der Waals surface area contributed by atoms with Crippen molar-refractivity contribution in [3.8, 4) is 0 Å². The van der Waals surface area contributed by atoms with Crippen LogP contribution in [0, 0.1) is 13.8 Å². The zero-order valence-electron chi connectivity index (χ0n) is 12.8. The normalized spacial score (nSPS) is 12.7. The molecule has 0 aliphatic rings. The van der Waals surface area contributed by atoms with Gasteiger partial charge < -0.3 is 5.32 Å². The lowest BCUT2D eigenvalue weighted by molar-refractivity contribution is 0.596. The lowest BCUT2D eigenvalue weighted by Crippen LogP contribution is -2.18. The van der Waals surface area contributed by atoms with Crippen LogP contribution >= 0.6 is 0 Å². The molecule has 0 saturated carbocycles. The molecule has 0 saturated heterocycles. The molecular weight excluding hydrogens is 258 g/mol. The van der Waals surface area contributed by atoms with E-state index < -0.39 is 0 Å². The molecule has 3 nitrogen and oxygen atoms in total. The third kappa shape index (κ3) is 2.69. The number of aryl methyl sites for hydroxylation is 2. The summed E-state index contributed by atoms with van der Waals surface area (Å²) in [6, 6.07) is 13.2. The summed E-state index contributed by atoms with van der Waals surface area (Å²) in [4.78, 5) is 0. The molecule has 0 amide bonds. The van der Waals surface area contributed by atoms with E-state index in [-0.39, 0.29) is 6.04 Å². The first-order valence-electron chi connectivity index (χ1n) is 7.34. The molecule has 0 fully saturated rings. The fraction of sp³-hybridized carbons (Fsp3) is 0.278. The van der Waals surface area contributed by atoms with E-state index in [1.54, 1.807) is 0 Å². The third-order valence-electron chi connectivity index (χ3n) is 4.19. The molecular formula is C18H21N3. The van der Waals surface area contributed by atoms with Crippen LogP contribution in [0.4, 0.5) is 0 Å². The van der Waals surface area contributed by atoms with Crippen LogP contribution in [0.5, 0.6) is 0 Å². The number of rotatable bonds is 4. The monoisotopic (exact) mass is 279 g/mol. The van der Waals surface area contributed by atoms with Gasteiger partial charge in [0.2, 0.25) is 0 Å². The molecule has 2 heterocycles. The summed E-state index contributed by atoms with van der Waals surface area (Å²) in [5.74, 6) is 0. The lowest BCUT2D eigenvalue weighted by atomic mass is 9.97. The Hall–Kier alpha value is -2.13. The van der Waals surface area contributed by atoms with Gasteiger partial charge in [0.25, 0.3) is 0 Å². The predicted octanol–water partition coefficient (Wildman–Crippen LogP) is 3.45. The van der Waals surface area contributed by atoms with E-state index >= 15 is 0 Å². The Morgan fingerprint density at radius 1 is 1.14 bits per heavy atom. The fourth-order valence-corrected chi connectivity index (χ4v) is 2.76. The molecule has 108 valence electrons. The number of nitrogens with zero attached hydrogens (tertiary/aromatic N) is 2. The number of aromatic nitrogens is 2. The van der Waals surface area contributed by atoms with Crippen LogP contribution in [0.2, 0.25) is 0 Å². The Balaban J connectivity index is 1.93. The molecule has 3 rings (SSSR count). The Labute approximate surface area is 125 Å². The van der Waals surface area contributed by atoms with Crippen molar-refractivity contribution in [2.45, 2.75) is 26.3 Å². The van der Waals surface area contributed by atoms with Crippen molar-refractivity contribution in [3.63, 3.8) is 0 Å². The summed E-state index contributed by atoms with van der Waals surface area (Å²) in [5, 5.41) is 7.86. The van der Waals surface area contributed by atoms with Crippen LogP contribution < -0.4 is 5.32 Å². The van der Waals surface area contributed by atoms with E-state index in [0.29, 0.717) is 0 Å². The first kappa shape index (κ1) is 13.8. The van der Waals surface area contributed by atoms with E-state index in [1.807, 2.05) is 30.0 Å². The highest BCUT2D eigenvalue weighted by Crippen LogP contribution is 2.23. The highest BCUT2D eigenvalue weighted by atomic mass is 15.2.